The van der Waals surface area contributed by atoms with Gasteiger partial charge in [0.2, 0.25) is 5.91 Å². The van der Waals surface area contributed by atoms with Crippen molar-refractivity contribution >= 4 is 50.9 Å². The van der Waals surface area contributed by atoms with Crippen LogP contribution in [0.25, 0.3) is 0 Å². The number of hydrogen-bond donors (Lipinski definition) is 1. The summed E-state index contributed by atoms with van der Waals surface area (Å²) in [5.41, 5.74) is 1.71. The zero-order valence-corrected chi connectivity index (χ0v) is 23.3. The van der Waals surface area contributed by atoms with Crippen LogP contribution in [0.1, 0.15) is 31.4 Å². The van der Waals surface area contributed by atoms with Crippen molar-refractivity contribution in [1.29, 1.82) is 0 Å². The molecule has 0 fully saturated rings. The number of carbonyl (C=O) groups is 2. The molecular weight excluding hydrogens is 563 g/mol. The first-order valence-corrected chi connectivity index (χ1v) is 13.3. The zero-order chi connectivity index (χ0) is 26.1. The molecule has 0 saturated heterocycles. The summed E-state index contributed by atoms with van der Waals surface area (Å²) in [4.78, 5) is 28.6. The lowest BCUT2D eigenvalue weighted by atomic mass is 10.0. The van der Waals surface area contributed by atoms with Crippen LogP contribution in [-0.4, -0.2) is 35.4 Å². The number of hydrogen-bond acceptors (Lipinski definition) is 3. The number of nitrogens with one attached hydrogen (secondary N) is 1. The van der Waals surface area contributed by atoms with E-state index >= 15 is 0 Å². The number of ether oxygens (including phenoxy) is 1. The highest BCUT2D eigenvalue weighted by Crippen LogP contribution is 2.24. The van der Waals surface area contributed by atoms with Gasteiger partial charge in [0.25, 0.3) is 5.91 Å². The molecule has 0 saturated carbocycles. The van der Waals surface area contributed by atoms with Crippen LogP contribution in [0.3, 0.4) is 0 Å². The third kappa shape index (κ3) is 8.26. The van der Waals surface area contributed by atoms with E-state index in [1.807, 2.05) is 56.3 Å². The first kappa shape index (κ1) is 28.0. The summed E-state index contributed by atoms with van der Waals surface area (Å²) in [7, 11) is 0. The summed E-state index contributed by atoms with van der Waals surface area (Å²) in [6.07, 6.45) is 1.13. The molecule has 3 aromatic rings. The summed E-state index contributed by atoms with van der Waals surface area (Å²) in [6, 6.07) is 21.3. The van der Waals surface area contributed by atoms with Crippen molar-refractivity contribution in [3.05, 3.63) is 98.4 Å². The summed E-state index contributed by atoms with van der Waals surface area (Å²) in [6.45, 7) is 3.90. The van der Waals surface area contributed by atoms with E-state index in [0.717, 1.165) is 22.0 Å². The standard InChI is InChI=1S/C28H29BrCl2N2O3/c1-3-19(2)32-28(35)26(16-20-7-5-4-6-8-20)33(17-21-9-14-24(30)25(31)15-21)27(34)18-36-23-12-10-22(29)11-13-23/h4-15,19,26H,3,16-18H2,1-2H3,(H,32,35)/t19-,26+/m0/s1. The monoisotopic (exact) mass is 590 g/mol. The number of carbonyl (C=O) groups excluding carboxylic acids is 2. The van der Waals surface area contributed by atoms with E-state index in [1.165, 1.54) is 0 Å². The van der Waals surface area contributed by atoms with Gasteiger partial charge in [-0.25, -0.2) is 0 Å². The third-order valence-electron chi connectivity index (χ3n) is 5.79. The Morgan fingerprint density at radius 1 is 0.972 bits per heavy atom. The maximum atomic E-state index is 13.6. The van der Waals surface area contributed by atoms with Crippen LogP contribution in [0, 0.1) is 0 Å². The molecule has 8 heteroatoms. The van der Waals surface area contributed by atoms with Gasteiger partial charge in [0, 0.05) is 23.5 Å². The van der Waals surface area contributed by atoms with Gasteiger partial charge < -0.3 is 15.0 Å². The van der Waals surface area contributed by atoms with Crippen molar-refractivity contribution in [2.24, 2.45) is 0 Å². The molecule has 2 atom stereocenters. The summed E-state index contributed by atoms with van der Waals surface area (Å²) >= 11 is 15.7. The highest BCUT2D eigenvalue weighted by atomic mass is 79.9. The fourth-order valence-electron chi connectivity index (χ4n) is 3.59. The van der Waals surface area contributed by atoms with Gasteiger partial charge in [0.1, 0.15) is 11.8 Å². The fourth-order valence-corrected chi connectivity index (χ4v) is 4.17. The van der Waals surface area contributed by atoms with E-state index in [1.54, 1.807) is 35.2 Å². The molecule has 3 rings (SSSR count). The minimum absolute atomic E-state index is 0.0308. The summed E-state index contributed by atoms with van der Waals surface area (Å²) in [5, 5.41) is 3.85. The molecule has 0 aromatic heterocycles. The maximum Gasteiger partial charge on any atom is 0.261 e. The van der Waals surface area contributed by atoms with Gasteiger partial charge in [-0.3, -0.25) is 9.59 Å². The second-order valence-electron chi connectivity index (χ2n) is 8.54. The Hall–Kier alpha value is -2.54. The van der Waals surface area contributed by atoms with Crippen molar-refractivity contribution in [3.8, 4) is 5.75 Å². The molecule has 2 amide bonds. The van der Waals surface area contributed by atoms with Crippen LogP contribution in [0.4, 0.5) is 0 Å². The molecule has 0 aliphatic rings. The van der Waals surface area contributed by atoms with Gasteiger partial charge in [-0.1, -0.05) is 82.5 Å². The highest BCUT2D eigenvalue weighted by Gasteiger charge is 2.31. The number of amides is 2. The van der Waals surface area contributed by atoms with Crippen molar-refractivity contribution in [2.45, 2.75) is 45.3 Å². The molecule has 0 bridgehead atoms. The van der Waals surface area contributed by atoms with Gasteiger partial charge in [0.05, 0.1) is 10.0 Å². The molecule has 0 heterocycles. The van der Waals surface area contributed by atoms with Gasteiger partial charge in [0.15, 0.2) is 6.61 Å². The first-order chi connectivity index (χ1) is 17.3. The molecule has 190 valence electrons. The molecule has 36 heavy (non-hydrogen) atoms. The highest BCUT2D eigenvalue weighted by molar-refractivity contribution is 9.10. The average molecular weight is 592 g/mol. The SMILES string of the molecule is CC[C@H](C)NC(=O)[C@@H](Cc1ccccc1)N(Cc1ccc(Cl)c(Cl)c1)C(=O)COc1ccc(Br)cc1. The lowest BCUT2D eigenvalue weighted by Crippen LogP contribution is -2.53. The van der Waals surface area contributed by atoms with Crippen LogP contribution in [0.2, 0.25) is 10.0 Å². The fraction of sp³-hybridized carbons (Fsp3) is 0.286. The normalized spacial score (nSPS) is 12.5. The van der Waals surface area contributed by atoms with E-state index in [-0.39, 0.29) is 31.0 Å². The van der Waals surface area contributed by atoms with Crippen molar-refractivity contribution in [1.82, 2.24) is 10.2 Å². The Morgan fingerprint density at radius 3 is 2.31 bits per heavy atom. The lowest BCUT2D eigenvalue weighted by molar-refractivity contribution is -0.143. The minimum Gasteiger partial charge on any atom is -0.484 e. The van der Waals surface area contributed by atoms with Gasteiger partial charge in [-0.2, -0.15) is 0 Å². The van der Waals surface area contributed by atoms with E-state index in [9.17, 15) is 9.59 Å². The van der Waals surface area contributed by atoms with Crippen molar-refractivity contribution < 1.29 is 14.3 Å². The molecule has 0 radical (unpaired) electrons. The molecular formula is C28H29BrCl2N2O3. The molecule has 0 aliphatic carbocycles. The van der Waals surface area contributed by atoms with Gasteiger partial charge in [-0.15, -0.1) is 0 Å². The van der Waals surface area contributed by atoms with Crippen LogP contribution in [0.15, 0.2) is 77.3 Å². The second-order valence-corrected chi connectivity index (χ2v) is 10.3. The number of benzene rings is 3. The lowest BCUT2D eigenvalue weighted by Gasteiger charge is -2.32. The maximum absolute atomic E-state index is 13.6. The van der Waals surface area contributed by atoms with Crippen LogP contribution in [-0.2, 0) is 22.6 Å². The van der Waals surface area contributed by atoms with Crippen LogP contribution >= 0.6 is 39.1 Å². The first-order valence-electron chi connectivity index (χ1n) is 11.7. The predicted molar refractivity (Wildman–Crippen MR) is 148 cm³/mol. The number of halogens is 3. The van der Waals surface area contributed by atoms with Crippen molar-refractivity contribution in [2.75, 3.05) is 6.61 Å². The van der Waals surface area contributed by atoms with Crippen LogP contribution < -0.4 is 10.1 Å². The van der Waals surface area contributed by atoms with Crippen LogP contribution in [0.5, 0.6) is 5.75 Å². The largest absolute Gasteiger partial charge is 0.484 e. The Morgan fingerprint density at radius 2 is 1.67 bits per heavy atom. The Kier molecular flexibility index (Phi) is 10.7. The Labute approximate surface area is 230 Å². The minimum atomic E-state index is -0.753. The zero-order valence-electron chi connectivity index (χ0n) is 20.2. The van der Waals surface area contributed by atoms with Crippen molar-refractivity contribution in [3.63, 3.8) is 0 Å². The molecule has 1 N–H and O–H groups in total. The predicted octanol–water partition coefficient (Wildman–Crippen LogP) is 6.69. The quantitative estimate of drug-likeness (QED) is 0.270. The Balaban J connectivity index is 1.92. The smallest absolute Gasteiger partial charge is 0.261 e. The van der Waals surface area contributed by atoms with E-state index in [4.69, 9.17) is 27.9 Å². The van der Waals surface area contributed by atoms with Gasteiger partial charge >= 0.3 is 0 Å². The molecule has 5 nitrogen and oxygen atoms in total. The van der Waals surface area contributed by atoms with Gasteiger partial charge in [-0.05, 0) is 60.9 Å². The Bertz CT molecular complexity index is 1160. The summed E-state index contributed by atoms with van der Waals surface area (Å²) in [5.74, 6) is 0.0270. The van der Waals surface area contributed by atoms with E-state index in [2.05, 4.69) is 21.2 Å². The van der Waals surface area contributed by atoms with E-state index < -0.39 is 6.04 Å². The molecule has 0 aliphatic heterocycles. The molecule has 0 unspecified atom stereocenters. The number of rotatable bonds is 11. The van der Waals surface area contributed by atoms with E-state index in [0.29, 0.717) is 22.2 Å². The average Bonchev–Trinajstić information content (AvgIpc) is 2.88. The second kappa shape index (κ2) is 13.7. The third-order valence-corrected chi connectivity index (χ3v) is 7.05. The summed E-state index contributed by atoms with van der Waals surface area (Å²) < 4.78 is 6.69. The topological polar surface area (TPSA) is 58.6 Å². The molecule has 3 aromatic carbocycles. The molecule has 0 spiro atoms. The number of nitrogens with zero attached hydrogens (tertiary/aromatic N) is 1.